The zero-order valence-corrected chi connectivity index (χ0v) is 12.9. The van der Waals surface area contributed by atoms with Gasteiger partial charge >= 0.3 is 0 Å². The molecule has 0 bridgehead atoms. The highest BCUT2D eigenvalue weighted by molar-refractivity contribution is 5.49. The molecule has 1 saturated heterocycles. The van der Waals surface area contributed by atoms with Gasteiger partial charge in [-0.25, -0.2) is 4.39 Å². The first-order valence-electron chi connectivity index (χ1n) is 7.49. The maximum atomic E-state index is 13.4. The van der Waals surface area contributed by atoms with E-state index in [0.29, 0.717) is 26.3 Å². The lowest BCUT2D eigenvalue weighted by Crippen LogP contribution is -2.22. The van der Waals surface area contributed by atoms with E-state index in [1.807, 2.05) is 37.8 Å². The van der Waals surface area contributed by atoms with Crippen LogP contribution in [0.5, 0.6) is 11.5 Å². The molecule has 1 N–H and O–H groups in total. The Morgan fingerprint density at radius 2 is 1.95 bits per heavy atom. The van der Waals surface area contributed by atoms with Gasteiger partial charge in [-0.3, -0.25) is 4.90 Å². The van der Waals surface area contributed by atoms with Crippen LogP contribution in [0.15, 0.2) is 12.1 Å². The second-order valence-corrected chi connectivity index (χ2v) is 5.32. The molecule has 0 aromatic heterocycles. The Labute approximate surface area is 125 Å². The number of aliphatic hydroxyl groups excluding tert-OH is 1. The van der Waals surface area contributed by atoms with Gasteiger partial charge in [-0.15, -0.1) is 0 Å². The van der Waals surface area contributed by atoms with Gasteiger partial charge in [0.05, 0.1) is 19.3 Å². The lowest BCUT2D eigenvalue weighted by Gasteiger charge is -2.20. The third-order valence-corrected chi connectivity index (χ3v) is 3.72. The number of aliphatic hydroxyl groups is 1. The summed E-state index contributed by atoms with van der Waals surface area (Å²) < 4.78 is 24.8. The zero-order chi connectivity index (χ0) is 15.4. The molecular formula is C16H24FNO3. The fourth-order valence-electron chi connectivity index (χ4n) is 2.70. The van der Waals surface area contributed by atoms with E-state index in [9.17, 15) is 9.50 Å². The average Bonchev–Trinajstić information content (AvgIpc) is 2.76. The van der Waals surface area contributed by atoms with Crippen LogP contribution in [0.1, 0.15) is 25.0 Å². The summed E-state index contributed by atoms with van der Waals surface area (Å²) in [5.74, 6) is 1.62. The highest BCUT2D eigenvalue weighted by atomic mass is 19.1. The Bertz CT molecular complexity index is 471. The van der Waals surface area contributed by atoms with Gasteiger partial charge in [0.15, 0.2) is 0 Å². The molecule has 1 aromatic rings. The second-order valence-electron chi connectivity index (χ2n) is 5.32. The van der Waals surface area contributed by atoms with Crippen molar-refractivity contribution < 1.29 is 19.0 Å². The molecule has 1 fully saturated rings. The molecule has 0 unspecified atom stereocenters. The highest BCUT2D eigenvalue weighted by Gasteiger charge is 2.31. The molecule has 1 aliphatic heterocycles. The summed E-state index contributed by atoms with van der Waals surface area (Å²) in [5.41, 5.74) is 1.96. The number of hydrogen-bond acceptors (Lipinski definition) is 4. The zero-order valence-electron chi connectivity index (χ0n) is 12.9. The molecule has 1 aromatic carbocycles. The Morgan fingerprint density at radius 3 is 2.52 bits per heavy atom. The minimum Gasteiger partial charge on any atom is -0.493 e. The molecule has 2 rings (SSSR count). The van der Waals surface area contributed by atoms with E-state index in [2.05, 4.69) is 0 Å². The fraction of sp³-hybridized carbons (Fsp3) is 0.625. The van der Waals surface area contributed by atoms with E-state index in [-0.39, 0.29) is 6.54 Å². The summed E-state index contributed by atoms with van der Waals surface area (Å²) >= 11 is 0. The molecule has 5 heteroatoms. The molecule has 0 spiro atoms. The van der Waals surface area contributed by atoms with E-state index in [0.717, 1.165) is 22.6 Å². The number of alkyl halides is 1. The van der Waals surface area contributed by atoms with E-state index >= 15 is 0 Å². The minimum atomic E-state index is -1.16. The van der Waals surface area contributed by atoms with Gasteiger partial charge < -0.3 is 14.6 Å². The summed E-state index contributed by atoms with van der Waals surface area (Å²) in [6, 6.07) is 3.89. The first kappa shape index (κ1) is 16.0. The lowest BCUT2D eigenvalue weighted by atomic mass is 10.1. The van der Waals surface area contributed by atoms with Gasteiger partial charge in [-0.2, -0.15) is 0 Å². The van der Waals surface area contributed by atoms with Crippen LogP contribution in [-0.4, -0.2) is 48.6 Å². The van der Waals surface area contributed by atoms with Crippen LogP contribution in [0.4, 0.5) is 4.39 Å². The Morgan fingerprint density at radius 1 is 1.24 bits per heavy atom. The number of β-amino-alcohol motifs (C(OH)–C–C–N with tert-alkyl or cyclic N) is 1. The number of halogens is 1. The van der Waals surface area contributed by atoms with Crippen LogP contribution >= 0.6 is 0 Å². The van der Waals surface area contributed by atoms with Gasteiger partial charge in [0.1, 0.15) is 17.7 Å². The smallest absolute Gasteiger partial charge is 0.140 e. The van der Waals surface area contributed by atoms with E-state index < -0.39 is 12.3 Å². The van der Waals surface area contributed by atoms with Gasteiger partial charge in [-0.05, 0) is 26.8 Å². The quantitative estimate of drug-likeness (QED) is 0.875. The van der Waals surface area contributed by atoms with Crippen molar-refractivity contribution in [3.8, 4) is 11.5 Å². The predicted octanol–water partition coefficient (Wildman–Crippen LogP) is 2.31. The topological polar surface area (TPSA) is 41.9 Å². The van der Waals surface area contributed by atoms with E-state index in [1.165, 1.54) is 0 Å². The van der Waals surface area contributed by atoms with Gasteiger partial charge in [0, 0.05) is 30.8 Å². The molecular weight excluding hydrogens is 273 g/mol. The second kappa shape index (κ2) is 7.09. The Balaban J connectivity index is 2.20. The Kier molecular flexibility index (Phi) is 5.42. The van der Waals surface area contributed by atoms with Crippen molar-refractivity contribution in [3.63, 3.8) is 0 Å². The van der Waals surface area contributed by atoms with Crippen molar-refractivity contribution in [2.75, 3.05) is 26.3 Å². The molecule has 2 atom stereocenters. The number of hydrogen-bond donors (Lipinski definition) is 1. The van der Waals surface area contributed by atoms with Crippen molar-refractivity contribution in [2.24, 2.45) is 0 Å². The summed E-state index contributed by atoms with van der Waals surface area (Å²) in [4.78, 5) is 1.91. The van der Waals surface area contributed by atoms with E-state index in [1.54, 1.807) is 0 Å². The summed E-state index contributed by atoms with van der Waals surface area (Å²) in [5, 5.41) is 9.52. The number of benzene rings is 1. The maximum absolute atomic E-state index is 13.4. The monoisotopic (exact) mass is 297 g/mol. The first-order valence-corrected chi connectivity index (χ1v) is 7.49. The van der Waals surface area contributed by atoms with Crippen LogP contribution in [0.25, 0.3) is 0 Å². The first-order chi connectivity index (χ1) is 10.1. The lowest BCUT2D eigenvalue weighted by molar-refractivity contribution is 0.115. The van der Waals surface area contributed by atoms with Crippen LogP contribution in [-0.2, 0) is 6.54 Å². The number of ether oxygens (including phenoxy) is 2. The van der Waals surface area contributed by atoms with Gasteiger partial charge in [0.25, 0.3) is 0 Å². The van der Waals surface area contributed by atoms with Crippen molar-refractivity contribution >= 4 is 0 Å². The fourth-order valence-corrected chi connectivity index (χ4v) is 2.70. The molecule has 4 nitrogen and oxygen atoms in total. The SMILES string of the molecule is CCOc1ccc(CN2C[C@@H](O)[C@H](F)C2)c(OCC)c1C. The summed E-state index contributed by atoms with van der Waals surface area (Å²) in [7, 11) is 0. The van der Waals surface area contributed by atoms with Crippen LogP contribution in [0.3, 0.4) is 0 Å². The normalized spacial score (nSPS) is 22.5. The van der Waals surface area contributed by atoms with Crippen molar-refractivity contribution in [2.45, 2.75) is 39.6 Å². The Hall–Kier alpha value is -1.33. The number of likely N-dealkylation sites (tertiary alicyclic amines) is 1. The molecule has 118 valence electrons. The molecule has 0 amide bonds. The van der Waals surface area contributed by atoms with Crippen molar-refractivity contribution in [1.82, 2.24) is 4.90 Å². The molecule has 0 saturated carbocycles. The predicted molar refractivity (Wildman–Crippen MR) is 79.7 cm³/mol. The summed E-state index contributed by atoms with van der Waals surface area (Å²) in [6.07, 6.45) is -2.05. The van der Waals surface area contributed by atoms with Crippen molar-refractivity contribution in [1.29, 1.82) is 0 Å². The third kappa shape index (κ3) is 3.66. The molecule has 1 aliphatic rings. The molecule has 0 radical (unpaired) electrons. The summed E-state index contributed by atoms with van der Waals surface area (Å²) in [6.45, 7) is 8.22. The standard InChI is InChI=1S/C16H24FNO3/c1-4-20-15-7-6-12(16(11(15)3)21-5-2)8-18-9-13(17)14(19)10-18/h6-7,13-14,19H,4-5,8-10H2,1-3H3/t13-,14-/m1/s1. The minimum absolute atomic E-state index is 0.263. The van der Waals surface area contributed by atoms with Crippen LogP contribution < -0.4 is 9.47 Å². The average molecular weight is 297 g/mol. The molecule has 0 aliphatic carbocycles. The molecule has 21 heavy (non-hydrogen) atoms. The number of rotatable bonds is 6. The molecule has 1 heterocycles. The van der Waals surface area contributed by atoms with Gasteiger partial charge in [0.2, 0.25) is 0 Å². The van der Waals surface area contributed by atoms with E-state index in [4.69, 9.17) is 9.47 Å². The highest BCUT2D eigenvalue weighted by Crippen LogP contribution is 2.33. The third-order valence-electron chi connectivity index (χ3n) is 3.72. The largest absolute Gasteiger partial charge is 0.493 e. The maximum Gasteiger partial charge on any atom is 0.140 e. The van der Waals surface area contributed by atoms with Crippen molar-refractivity contribution in [3.05, 3.63) is 23.3 Å². The van der Waals surface area contributed by atoms with Gasteiger partial charge in [-0.1, -0.05) is 6.07 Å². The number of nitrogens with zero attached hydrogens (tertiary/aromatic N) is 1. The van der Waals surface area contributed by atoms with Crippen LogP contribution in [0, 0.1) is 6.92 Å². The van der Waals surface area contributed by atoms with Crippen LogP contribution in [0.2, 0.25) is 0 Å².